The van der Waals surface area contributed by atoms with Crippen LogP contribution in [-0.2, 0) is 0 Å². The molecular formula is C13H16N4O4. The van der Waals surface area contributed by atoms with Crippen molar-refractivity contribution in [3.8, 4) is 11.8 Å². The van der Waals surface area contributed by atoms with Crippen molar-refractivity contribution in [2.24, 2.45) is 11.7 Å². The zero-order chi connectivity index (χ0) is 15.6. The maximum absolute atomic E-state index is 11.2. The third kappa shape index (κ3) is 2.45. The van der Waals surface area contributed by atoms with Crippen LogP contribution in [0.3, 0.4) is 0 Å². The molecule has 1 aliphatic rings. The van der Waals surface area contributed by atoms with Gasteiger partial charge >= 0.3 is 0 Å². The number of aromatic nitrogens is 2. The fourth-order valence-corrected chi connectivity index (χ4v) is 2.33. The SMILES string of the molecule is CC=C1c2nc(OC)c(OC)nc2C=C([N+](=O)[O-])C1CN. The number of fused-ring (bicyclic) bond motifs is 1. The van der Waals surface area contributed by atoms with Crippen molar-refractivity contribution in [2.45, 2.75) is 6.92 Å². The molecule has 0 saturated carbocycles. The van der Waals surface area contributed by atoms with Crippen LogP contribution in [0.4, 0.5) is 0 Å². The summed E-state index contributed by atoms with van der Waals surface area (Å²) in [5.74, 6) is -0.119. The number of nitrogens with two attached hydrogens (primary N) is 1. The molecule has 21 heavy (non-hydrogen) atoms. The molecule has 8 nitrogen and oxygen atoms in total. The van der Waals surface area contributed by atoms with Crippen molar-refractivity contribution in [1.29, 1.82) is 0 Å². The van der Waals surface area contributed by atoms with Gasteiger partial charge in [-0.2, -0.15) is 0 Å². The summed E-state index contributed by atoms with van der Waals surface area (Å²) in [6, 6.07) is 0. The van der Waals surface area contributed by atoms with Gasteiger partial charge in [0.15, 0.2) is 0 Å². The molecule has 1 aromatic rings. The molecule has 2 rings (SSSR count). The molecule has 8 heteroatoms. The Morgan fingerprint density at radius 1 is 1.38 bits per heavy atom. The summed E-state index contributed by atoms with van der Waals surface area (Å²) in [6.07, 6.45) is 3.14. The third-order valence-corrected chi connectivity index (χ3v) is 3.30. The molecule has 0 bridgehead atoms. The van der Waals surface area contributed by atoms with Crippen LogP contribution in [0.1, 0.15) is 18.3 Å². The van der Waals surface area contributed by atoms with Gasteiger partial charge < -0.3 is 15.2 Å². The first-order valence-electron chi connectivity index (χ1n) is 6.30. The van der Waals surface area contributed by atoms with Gasteiger partial charge in [0.1, 0.15) is 0 Å². The van der Waals surface area contributed by atoms with Gasteiger partial charge in [0, 0.05) is 12.6 Å². The van der Waals surface area contributed by atoms with Crippen LogP contribution < -0.4 is 15.2 Å². The minimum absolute atomic E-state index is 0.000352. The van der Waals surface area contributed by atoms with Gasteiger partial charge in [-0.05, 0) is 12.5 Å². The molecule has 0 radical (unpaired) electrons. The molecule has 0 aliphatic heterocycles. The maximum Gasteiger partial charge on any atom is 0.278 e. The Hall–Kier alpha value is -2.48. The highest BCUT2D eigenvalue weighted by Gasteiger charge is 2.35. The lowest BCUT2D eigenvalue weighted by Gasteiger charge is -2.22. The lowest BCUT2D eigenvalue weighted by Crippen LogP contribution is -2.26. The van der Waals surface area contributed by atoms with E-state index >= 15 is 0 Å². The van der Waals surface area contributed by atoms with E-state index in [0.29, 0.717) is 17.0 Å². The predicted molar refractivity (Wildman–Crippen MR) is 76.3 cm³/mol. The van der Waals surface area contributed by atoms with Crippen molar-refractivity contribution in [3.05, 3.63) is 33.3 Å². The monoisotopic (exact) mass is 292 g/mol. The molecule has 0 spiro atoms. The van der Waals surface area contributed by atoms with E-state index in [1.165, 1.54) is 20.3 Å². The Kier molecular flexibility index (Phi) is 4.18. The summed E-state index contributed by atoms with van der Waals surface area (Å²) in [7, 11) is 2.88. The van der Waals surface area contributed by atoms with E-state index < -0.39 is 10.8 Å². The van der Waals surface area contributed by atoms with Crippen LogP contribution >= 0.6 is 0 Å². The van der Waals surface area contributed by atoms with Crippen molar-refractivity contribution in [1.82, 2.24) is 9.97 Å². The molecular weight excluding hydrogens is 276 g/mol. The molecule has 0 amide bonds. The molecule has 1 aliphatic carbocycles. The number of hydrogen-bond donors (Lipinski definition) is 1. The van der Waals surface area contributed by atoms with Crippen LogP contribution in [0.2, 0.25) is 0 Å². The van der Waals surface area contributed by atoms with Crippen LogP contribution in [0, 0.1) is 16.0 Å². The summed E-state index contributed by atoms with van der Waals surface area (Å²) in [5, 5.41) is 11.2. The fourth-order valence-electron chi connectivity index (χ4n) is 2.33. The van der Waals surface area contributed by atoms with E-state index in [2.05, 4.69) is 9.97 Å². The van der Waals surface area contributed by atoms with Gasteiger partial charge in [0.05, 0.1) is 36.4 Å². The molecule has 2 N–H and O–H groups in total. The van der Waals surface area contributed by atoms with Crippen LogP contribution in [-0.4, -0.2) is 35.7 Å². The average molecular weight is 292 g/mol. The van der Waals surface area contributed by atoms with Gasteiger partial charge in [-0.3, -0.25) is 10.1 Å². The third-order valence-electron chi connectivity index (χ3n) is 3.30. The topological polar surface area (TPSA) is 113 Å². The second-order valence-corrected chi connectivity index (χ2v) is 4.33. The lowest BCUT2D eigenvalue weighted by atomic mass is 9.87. The Bertz CT molecular complexity index is 639. The molecule has 0 aromatic carbocycles. The van der Waals surface area contributed by atoms with E-state index in [4.69, 9.17) is 15.2 Å². The molecule has 1 atom stereocenters. The van der Waals surface area contributed by atoms with E-state index in [9.17, 15) is 10.1 Å². The summed E-state index contributed by atoms with van der Waals surface area (Å²) >= 11 is 0. The molecule has 112 valence electrons. The largest absolute Gasteiger partial charge is 0.477 e. The van der Waals surface area contributed by atoms with Crippen molar-refractivity contribution in [2.75, 3.05) is 20.8 Å². The Morgan fingerprint density at radius 3 is 2.48 bits per heavy atom. The minimum Gasteiger partial charge on any atom is -0.477 e. The van der Waals surface area contributed by atoms with Crippen LogP contribution in [0.25, 0.3) is 11.6 Å². The number of allylic oxidation sites excluding steroid dienone is 1. The van der Waals surface area contributed by atoms with Crippen molar-refractivity contribution < 1.29 is 14.4 Å². The van der Waals surface area contributed by atoms with Crippen LogP contribution in [0.5, 0.6) is 11.8 Å². The number of nitrogens with zero attached hydrogens (tertiary/aromatic N) is 3. The quantitative estimate of drug-likeness (QED) is 0.653. The van der Waals surface area contributed by atoms with Gasteiger partial charge in [-0.1, -0.05) is 6.08 Å². The molecule has 1 aromatic heterocycles. The van der Waals surface area contributed by atoms with Crippen molar-refractivity contribution >= 4 is 11.6 Å². The second-order valence-electron chi connectivity index (χ2n) is 4.33. The Morgan fingerprint density at radius 2 is 2.00 bits per heavy atom. The van der Waals surface area contributed by atoms with E-state index in [-0.39, 0.29) is 24.0 Å². The first kappa shape index (κ1) is 14.9. The number of methoxy groups -OCH3 is 2. The zero-order valence-electron chi connectivity index (χ0n) is 12.0. The van der Waals surface area contributed by atoms with E-state index in [1.54, 1.807) is 13.0 Å². The minimum atomic E-state index is -0.523. The summed E-state index contributed by atoms with van der Waals surface area (Å²) in [6.45, 7) is 1.89. The number of ether oxygens (including phenoxy) is 2. The van der Waals surface area contributed by atoms with E-state index in [1.807, 2.05) is 0 Å². The van der Waals surface area contributed by atoms with Gasteiger partial charge in [-0.25, -0.2) is 9.97 Å². The molecule has 1 heterocycles. The summed E-state index contributed by atoms with van der Waals surface area (Å²) in [4.78, 5) is 19.4. The standard InChI is InChI=1S/C13H16N4O4/c1-4-7-8(6-14)10(17(18)19)5-9-11(7)16-13(21-3)12(15-9)20-2/h4-5,8H,6,14H2,1-3H3. The predicted octanol–water partition coefficient (Wildman–Crippen LogP) is 1.10. The van der Waals surface area contributed by atoms with Gasteiger partial charge in [0.25, 0.3) is 17.5 Å². The summed E-state index contributed by atoms with van der Waals surface area (Å²) < 4.78 is 10.2. The number of hydrogen-bond acceptors (Lipinski definition) is 7. The molecule has 0 fully saturated rings. The maximum atomic E-state index is 11.2. The van der Waals surface area contributed by atoms with E-state index in [0.717, 1.165) is 0 Å². The van der Waals surface area contributed by atoms with Gasteiger partial charge in [0.2, 0.25) is 0 Å². The Labute approximate surface area is 121 Å². The first-order valence-corrected chi connectivity index (χ1v) is 6.30. The van der Waals surface area contributed by atoms with Gasteiger partial charge in [-0.15, -0.1) is 0 Å². The summed E-state index contributed by atoms with van der Waals surface area (Å²) in [5.41, 5.74) is 7.25. The van der Waals surface area contributed by atoms with Crippen molar-refractivity contribution in [3.63, 3.8) is 0 Å². The second kappa shape index (κ2) is 5.88. The smallest absolute Gasteiger partial charge is 0.278 e. The number of nitro groups is 1. The Balaban J connectivity index is 2.72. The highest BCUT2D eigenvalue weighted by molar-refractivity contribution is 5.79. The molecule has 1 unspecified atom stereocenters. The highest BCUT2D eigenvalue weighted by atomic mass is 16.6. The number of rotatable bonds is 4. The average Bonchev–Trinajstić information content (AvgIpc) is 2.51. The first-order chi connectivity index (χ1) is 10.1. The normalized spacial score (nSPS) is 19.0. The van der Waals surface area contributed by atoms with Crippen LogP contribution in [0.15, 0.2) is 11.8 Å². The molecule has 0 saturated heterocycles. The fraction of sp³-hybridized carbons (Fsp3) is 0.385. The lowest BCUT2D eigenvalue weighted by molar-refractivity contribution is -0.429. The zero-order valence-corrected chi connectivity index (χ0v) is 12.0. The highest BCUT2D eigenvalue weighted by Crippen LogP contribution is 2.38.